The summed E-state index contributed by atoms with van der Waals surface area (Å²) in [5.74, 6) is 0. The van der Waals surface area contributed by atoms with Crippen LogP contribution in [0.2, 0.25) is 0 Å². The Morgan fingerprint density at radius 2 is 1.75 bits per heavy atom. The first-order valence-electron chi connectivity index (χ1n) is 4.95. The lowest BCUT2D eigenvalue weighted by Gasteiger charge is -2.00. The third-order valence-electron chi connectivity index (χ3n) is 2.54. The van der Waals surface area contributed by atoms with Gasteiger partial charge in [0.15, 0.2) is 0 Å². The Bertz CT molecular complexity index is 631. The van der Waals surface area contributed by atoms with E-state index in [1.54, 1.807) is 0 Å². The van der Waals surface area contributed by atoms with Gasteiger partial charge in [0.05, 0.1) is 0 Å². The maximum absolute atomic E-state index is 9.43. The smallest absolute Gasteiger partial charge is 0.131 e. The molecule has 0 spiro atoms. The molecule has 4 nitrogen and oxygen atoms in total. The van der Waals surface area contributed by atoms with Gasteiger partial charge in [0.2, 0.25) is 0 Å². The van der Waals surface area contributed by atoms with Crippen molar-refractivity contribution < 1.29 is 5.21 Å². The van der Waals surface area contributed by atoms with Gasteiger partial charge in [-0.1, -0.05) is 41.2 Å². The summed E-state index contributed by atoms with van der Waals surface area (Å²) >= 11 is 0. The fourth-order valence-electron chi connectivity index (χ4n) is 1.72. The number of hydrogen-bond donors (Lipinski definition) is 1. The lowest BCUT2D eigenvalue weighted by atomic mass is 10.1. The van der Waals surface area contributed by atoms with Crippen LogP contribution < -0.4 is 0 Å². The number of aromatic nitrogens is 3. The van der Waals surface area contributed by atoms with Crippen molar-refractivity contribution in [3.63, 3.8) is 0 Å². The second-order valence-electron chi connectivity index (χ2n) is 3.55. The van der Waals surface area contributed by atoms with E-state index in [4.69, 9.17) is 0 Å². The fourth-order valence-corrected chi connectivity index (χ4v) is 1.72. The topological polar surface area (TPSA) is 50.9 Å². The van der Waals surface area contributed by atoms with Crippen LogP contribution in [0, 0.1) is 0 Å². The van der Waals surface area contributed by atoms with Gasteiger partial charge in [-0.05, 0) is 28.5 Å². The van der Waals surface area contributed by atoms with Crippen molar-refractivity contribution in [3.05, 3.63) is 48.5 Å². The number of hydrogen-bond acceptors (Lipinski definition) is 3. The van der Waals surface area contributed by atoms with Gasteiger partial charge in [0.25, 0.3) is 0 Å². The third-order valence-corrected chi connectivity index (χ3v) is 2.54. The van der Waals surface area contributed by atoms with Crippen molar-refractivity contribution >= 4 is 11.0 Å². The number of fused-ring (bicyclic) bond motifs is 1. The standard InChI is InChI=1S/C12H9N3O/c16-15-12-8-10(6-7-11(12)13-14-15)9-4-2-1-3-5-9/h1-8,16H. The average Bonchev–Trinajstić information content (AvgIpc) is 2.72. The van der Waals surface area contributed by atoms with Crippen molar-refractivity contribution in [2.75, 3.05) is 0 Å². The van der Waals surface area contributed by atoms with E-state index >= 15 is 0 Å². The second-order valence-corrected chi connectivity index (χ2v) is 3.55. The zero-order valence-corrected chi connectivity index (χ0v) is 8.41. The van der Waals surface area contributed by atoms with Crippen LogP contribution in [0.4, 0.5) is 0 Å². The largest absolute Gasteiger partial charge is 0.410 e. The van der Waals surface area contributed by atoms with Crippen LogP contribution in [0.15, 0.2) is 48.5 Å². The summed E-state index contributed by atoms with van der Waals surface area (Å²) in [6.45, 7) is 0. The molecule has 0 fully saturated rings. The zero-order valence-electron chi connectivity index (χ0n) is 8.41. The maximum Gasteiger partial charge on any atom is 0.131 e. The lowest BCUT2D eigenvalue weighted by Crippen LogP contribution is -1.91. The Balaban J connectivity index is 2.22. The molecule has 0 saturated heterocycles. The van der Waals surface area contributed by atoms with Crippen LogP contribution in [0.25, 0.3) is 22.2 Å². The van der Waals surface area contributed by atoms with E-state index in [0.717, 1.165) is 16.0 Å². The minimum atomic E-state index is 0.612. The summed E-state index contributed by atoms with van der Waals surface area (Å²) in [5.41, 5.74) is 3.43. The van der Waals surface area contributed by atoms with Gasteiger partial charge < -0.3 is 5.21 Å². The second kappa shape index (κ2) is 3.34. The molecule has 0 saturated carbocycles. The predicted octanol–water partition coefficient (Wildman–Crippen LogP) is 2.34. The molecule has 0 aliphatic carbocycles. The molecule has 0 bridgehead atoms. The molecule has 1 heterocycles. The SMILES string of the molecule is On1nnc2ccc(-c3ccccc3)cc21. The molecular weight excluding hydrogens is 202 g/mol. The molecule has 3 aromatic rings. The molecule has 1 N–H and O–H groups in total. The summed E-state index contributed by atoms with van der Waals surface area (Å²) in [7, 11) is 0. The van der Waals surface area contributed by atoms with Crippen molar-refractivity contribution in [2.45, 2.75) is 0 Å². The minimum absolute atomic E-state index is 0.612. The van der Waals surface area contributed by atoms with Gasteiger partial charge in [-0.3, -0.25) is 0 Å². The van der Waals surface area contributed by atoms with Crippen LogP contribution in [-0.4, -0.2) is 20.4 Å². The van der Waals surface area contributed by atoms with Crippen LogP contribution in [-0.2, 0) is 0 Å². The first kappa shape index (κ1) is 8.91. The van der Waals surface area contributed by atoms with Gasteiger partial charge >= 0.3 is 0 Å². The molecular formula is C12H9N3O. The normalized spacial score (nSPS) is 10.8. The monoisotopic (exact) mass is 211 g/mol. The van der Waals surface area contributed by atoms with E-state index in [-0.39, 0.29) is 0 Å². The highest BCUT2D eigenvalue weighted by atomic mass is 16.5. The van der Waals surface area contributed by atoms with Crippen LogP contribution in [0.5, 0.6) is 0 Å². The van der Waals surface area contributed by atoms with Gasteiger partial charge in [-0.15, -0.1) is 5.10 Å². The first-order chi connectivity index (χ1) is 7.84. The van der Waals surface area contributed by atoms with E-state index in [1.165, 1.54) is 0 Å². The molecule has 78 valence electrons. The van der Waals surface area contributed by atoms with E-state index in [2.05, 4.69) is 10.3 Å². The van der Waals surface area contributed by atoms with Gasteiger partial charge in [0.1, 0.15) is 11.0 Å². The van der Waals surface area contributed by atoms with Crippen molar-refractivity contribution in [3.8, 4) is 11.1 Å². The molecule has 0 amide bonds. The summed E-state index contributed by atoms with van der Waals surface area (Å²) in [5, 5.41) is 16.8. The van der Waals surface area contributed by atoms with Crippen molar-refractivity contribution in [1.82, 2.24) is 15.2 Å². The van der Waals surface area contributed by atoms with Crippen LogP contribution >= 0.6 is 0 Å². The Hall–Kier alpha value is -2.36. The van der Waals surface area contributed by atoms with Gasteiger partial charge in [-0.25, -0.2) is 0 Å². The van der Waals surface area contributed by atoms with Crippen LogP contribution in [0.1, 0.15) is 0 Å². The van der Waals surface area contributed by atoms with E-state index in [0.29, 0.717) is 11.0 Å². The van der Waals surface area contributed by atoms with Gasteiger partial charge in [0, 0.05) is 0 Å². The molecule has 16 heavy (non-hydrogen) atoms. The highest BCUT2D eigenvalue weighted by molar-refractivity contribution is 5.81. The molecule has 4 heteroatoms. The molecule has 0 unspecified atom stereocenters. The summed E-state index contributed by atoms with van der Waals surface area (Å²) in [6, 6.07) is 15.6. The average molecular weight is 211 g/mol. The Kier molecular flexibility index (Phi) is 1.86. The molecule has 3 rings (SSSR count). The molecule has 1 aromatic heterocycles. The summed E-state index contributed by atoms with van der Waals surface area (Å²) in [4.78, 5) is 0.793. The fraction of sp³-hybridized carbons (Fsp3) is 0. The maximum atomic E-state index is 9.43. The quantitative estimate of drug-likeness (QED) is 0.628. The highest BCUT2D eigenvalue weighted by Gasteiger charge is 2.04. The van der Waals surface area contributed by atoms with E-state index < -0.39 is 0 Å². The highest BCUT2D eigenvalue weighted by Crippen LogP contribution is 2.22. The minimum Gasteiger partial charge on any atom is -0.410 e. The molecule has 0 aliphatic heterocycles. The first-order valence-corrected chi connectivity index (χ1v) is 4.95. The van der Waals surface area contributed by atoms with Gasteiger partial charge in [-0.2, -0.15) is 0 Å². The molecule has 2 aromatic carbocycles. The predicted molar refractivity (Wildman–Crippen MR) is 60.1 cm³/mol. The van der Waals surface area contributed by atoms with Crippen molar-refractivity contribution in [2.24, 2.45) is 0 Å². The Labute approximate surface area is 91.7 Å². The summed E-state index contributed by atoms with van der Waals surface area (Å²) < 4.78 is 0. The van der Waals surface area contributed by atoms with Crippen LogP contribution in [0.3, 0.4) is 0 Å². The Morgan fingerprint density at radius 3 is 2.56 bits per heavy atom. The molecule has 0 radical (unpaired) electrons. The lowest BCUT2D eigenvalue weighted by molar-refractivity contribution is 0.155. The zero-order chi connectivity index (χ0) is 11.0. The Morgan fingerprint density at radius 1 is 0.938 bits per heavy atom. The number of benzene rings is 2. The summed E-state index contributed by atoms with van der Waals surface area (Å²) in [6.07, 6.45) is 0. The number of rotatable bonds is 1. The van der Waals surface area contributed by atoms with E-state index in [1.807, 2.05) is 48.5 Å². The molecule has 0 atom stereocenters. The third kappa shape index (κ3) is 1.32. The molecule has 0 aliphatic rings. The number of nitrogens with zero attached hydrogens (tertiary/aromatic N) is 3. The van der Waals surface area contributed by atoms with E-state index in [9.17, 15) is 5.21 Å². The van der Waals surface area contributed by atoms with Crippen molar-refractivity contribution in [1.29, 1.82) is 0 Å².